The van der Waals surface area contributed by atoms with Crippen molar-refractivity contribution in [1.82, 2.24) is 14.9 Å². The molecule has 1 N–H and O–H groups in total. The van der Waals surface area contributed by atoms with Gasteiger partial charge in [0.25, 0.3) is 0 Å². The first-order valence-corrected chi connectivity index (χ1v) is 9.04. The number of hydrogen-bond donors (Lipinski definition) is 1. The van der Waals surface area contributed by atoms with Gasteiger partial charge in [0.2, 0.25) is 0 Å². The summed E-state index contributed by atoms with van der Waals surface area (Å²) in [4.78, 5) is 4.75. The molecule has 0 unspecified atom stereocenters. The summed E-state index contributed by atoms with van der Waals surface area (Å²) in [5.41, 5.74) is 4.48. The number of aryl methyl sites for hydroxylation is 1. The maximum absolute atomic E-state index is 6.10. The summed E-state index contributed by atoms with van der Waals surface area (Å²) in [6.45, 7) is 0.664. The van der Waals surface area contributed by atoms with Crippen LogP contribution < -0.4 is 5.32 Å². The lowest BCUT2D eigenvalue weighted by atomic mass is 9.99. The van der Waals surface area contributed by atoms with E-state index >= 15 is 0 Å². The van der Waals surface area contributed by atoms with Crippen molar-refractivity contribution in [2.75, 3.05) is 0 Å². The predicted octanol–water partition coefficient (Wildman–Crippen LogP) is 5.11. The minimum Gasteiger partial charge on any atom is -0.330 e. The fourth-order valence-electron chi connectivity index (χ4n) is 3.29. The monoisotopic (exact) mass is 361 g/mol. The SMILES string of the molecule is Cn1c(CNC(c2ccccc2)c2ccccc2)nc2cc(Cl)ccc21. The van der Waals surface area contributed by atoms with E-state index < -0.39 is 0 Å². The van der Waals surface area contributed by atoms with Crippen LogP contribution in [0.2, 0.25) is 5.02 Å². The molecule has 0 aliphatic rings. The van der Waals surface area contributed by atoms with Gasteiger partial charge in [-0.05, 0) is 29.3 Å². The minimum absolute atomic E-state index is 0.112. The van der Waals surface area contributed by atoms with Crippen LogP contribution in [-0.2, 0) is 13.6 Å². The van der Waals surface area contributed by atoms with Gasteiger partial charge in [0, 0.05) is 12.1 Å². The van der Waals surface area contributed by atoms with Crippen LogP contribution >= 0.6 is 11.6 Å². The van der Waals surface area contributed by atoms with Crippen molar-refractivity contribution in [2.24, 2.45) is 7.05 Å². The molecule has 0 bridgehead atoms. The molecule has 0 radical (unpaired) electrons. The van der Waals surface area contributed by atoms with Crippen LogP contribution in [0.1, 0.15) is 23.0 Å². The van der Waals surface area contributed by atoms with E-state index in [1.165, 1.54) is 11.1 Å². The third-order valence-corrected chi connectivity index (χ3v) is 4.90. The summed E-state index contributed by atoms with van der Waals surface area (Å²) in [5, 5.41) is 4.38. The minimum atomic E-state index is 0.112. The van der Waals surface area contributed by atoms with Crippen molar-refractivity contribution in [3.63, 3.8) is 0 Å². The Morgan fingerprint density at radius 1 is 0.923 bits per heavy atom. The molecule has 0 aliphatic carbocycles. The van der Waals surface area contributed by atoms with Crippen molar-refractivity contribution in [3.8, 4) is 0 Å². The van der Waals surface area contributed by atoms with E-state index in [2.05, 4.69) is 58.4 Å². The fraction of sp³-hybridized carbons (Fsp3) is 0.136. The topological polar surface area (TPSA) is 29.9 Å². The Morgan fingerprint density at radius 2 is 1.54 bits per heavy atom. The van der Waals surface area contributed by atoms with Crippen LogP contribution in [0.4, 0.5) is 0 Å². The Hall–Kier alpha value is -2.62. The number of halogens is 1. The second-order valence-electron chi connectivity index (χ2n) is 6.36. The standard InChI is InChI=1S/C22H20ClN3/c1-26-20-13-12-18(23)14-19(20)25-21(26)15-24-22(16-8-4-2-5-9-16)17-10-6-3-7-11-17/h2-14,22,24H,15H2,1H3. The average Bonchev–Trinajstić information content (AvgIpc) is 2.99. The molecule has 1 aromatic heterocycles. The molecule has 0 saturated carbocycles. The maximum atomic E-state index is 6.10. The summed E-state index contributed by atoms with van der Waals surface area (Å²) in [6.07, 6.45) is 0. The van der Waals surface area contributed by atoms with E-state index in [1.807, 2.05) is 37.4 Å². The lowest BCUT2D eigenvalue weighted by molar-refractivity contribution is 0.576. The molecule has 0 aliphatic heterocycles. The highest BCUT2D eigenvalue weighted by molar-refractivity contribution is 6.31. The molecule has 3 aromatic carbocycles. The fourth-order valence-corrected chi connectivity index (χ4v) is 3.46. The second kappa shape index (κ2) is 7.32. The molecule has 3 nitrogen and oxygen atoms in total. The van der Waals surface area contributed by atoms with Gasteiger partial charge in [0.15, 0.2) is 0 Å². The highest BCUT2D eigenvalue weighted by atomic mass is 35.5. The summed E-state index contributed by atoms with van der Waals surface area (Å²) in [7, 11) is 2.04. The molecular weight excluding hydrogens is 342 g/mol. The molecule has 0 atom stereocenters. The smallest absolute Gasteiger partial charge is 0.123 e. The Morgan fingerprint density at radius 3 is 2.15 bits per heavy atom. The summed E-state index contributed by atoms with van der Waals surface area (Å²) >= 11 is 6.10. The van der Waals surface area contributed by atoms with E-state index in [0.717, 1.165) is 16.9 Å². The van der Waals surface area contributed by atoms with Crippen molar-refractivity contribution < 1.29 is 0 Å². The highest BCUT2D eigenvalue weighted by Crippen LogP contribution is 2.23. The average molecular weight is 362 g/mol. The quantitative estimate of drug-likeness (QED) is 0.535. The molecular formula is C22H20ClN3. The number of benzene rings is 3. The van der Waals surface area contributed by atoms with Crippen molar-refractivity contribution in [2.45, 2.75) is 12.6 Å². The number of fused-ring (bicyclic) bond motifs is 1. The molecule has 0 amide bonds. The largest absolute Gasteiger partial charge is 0.330 e. The molecule has 0 spiro atoms. The van der Waals surface area contributed by atoms with Gasteiger partial charge in [-0.1, -0.05) is 72.3 Å². The summed E-state index contributed by atoms with van der Waals surface area (Å²) in [6, 6.07) is 26.9. The Kier molecular flexibility index (Phi) is 4.74. The molecule has 1 heterocycles. The predicted molar refractivity (Wildman–Crippen MR) is 107 cm³/mol. The zero-order valence-electron chi connectivity index (χ0n) is 14.6. The summed E-state index contributed by atoms with van der Waals surface area (Å²) in [5.74, 6) is 0.985. The number of imidazole rings is 1. The lowest BCUT2D eigenvalue weighted by Crippen LogP contribution is -2.23. The van der Waals surface area contributed by atoms with Crippen LogP contribution in [0.5, 0.6) is 0 Å². The third-order valence-electron chi connectivity index (χ3n) is 4.67. The Bertz CT molecular complexity index is 970. The van der Waals surface area contributed by atoms with Gasteiger partial charge in [-0.25, -0.2) is 4.98 Å². The van der Waals surface area contributed by atoms with Crippen molar-refractivity contribution >= 4 is 22.6 Å². The Labute approximate surface area is 158 Å². The zero-order chi connectivity index (χ0) is 17.9. The number of nitrogens with one attached hydrogen (secondary N) is 1. The van der Waals surface area contributed by atoms with Crippen molar-refractivity contribution in [1.29, 1.82) is 0 Å². The lowest BCUT2D eigenvalue weighted by Gasteiger charge is -2.20. The maximum Gasteiger partial charge on any atom is 0.123 e. The van der Waals surface area contributed by atoms with Crippen molar-refractivity contribution in [3.05, 3.63) is 101 Å². The molecule has 130 valence electrons. The van der Waals surface area contributed by atoms with E-state index in [-0.39, 0.29) is 6.04 Å². The first-order chi connectivity index (χ1) is 12.7. The molecule has 0 saturated heterocycles. The van der Waals surface area contributed by atoms with Crippen LogP contribution in [0, 0.1) is 0 Å². The normalized spacial score (nSPS) is 11.3. The number of rotatable bonds is 5. The molecule has 4 aromatic rings. The third kappa shape index (κ3) is 3.36. The number of nitrogens with zero attached hydrogens (tertiary/aromatic N) is 2. The molecule has 0 fully saturated rings. The van der Waals surface area contributed by atoms with Gasteiger partial charge in [-0.2, -0.15) is 0 Å². The van der Waals surface area contributed by atoms with Crippen LogP contribution in [0.25, 0.3) is 11.0 Å². The summed E-state index contributed by atoms with van der Waals surface area (Å²) < 4.78 is 2.12. The highest BCUT2D eigenvalue weighted by Gasteiger charge is 2.15. The molecule has 4 rings (SSSR count). The van der Waals surface area contributed by atoms with Gasteiger partial charge in [0.05, 0.1) is 23.6 Å². The van der Waals surface area contributed by atoms with Crippen LogP contribution in [0.3, 0.4) is 0 Å². The molecule has 4 heteroatoms. The Balaban J connectivity index is 1.64. The number of aromatic nitrogens is 2. The van der Waals surface area contributed by atoms with Crippen LogP contribution in [0.15, 0.2) is 78.9 Å². The van der Waals surface area contributed by atoms with E-state index in [0.29, 0.717) is 11.6 Å². The van der Waals surface area contributed by atoms with E-state index in [9.17, 15) is 0 Å². The van der Waals surface area contributed by atoms with Gasteiger partial charge in [-0.15, -0.1) is 0 Å². The van der Waals surface area contributed by atoms with E-state index in [4.69, 9.17) is 16.6 Å². The zero-order valence-corrected chi connectivity index (χ0v) is 15.3. The van der Waals surface area contributed by atoms with Gasteiger partial charge >= 0.3 is 0 Å². The number of hydrogen-bond acceptors (Lipinski definition) is 2. The first-order valence-electron chi connectivity index (χ1n) is 8.66. The van der Waals surface area contributed by atoms with Gasteiger partial charge < -0.3 is 4.57 Å². The first kappa shape index (κ1) is 16.8. The van der Waals surface area contributed by atoms with Crippen LogP contribution in [-0.4, -0.2) is 9.55 Å². The van der Waals surface area contributed by atoms with Gasteiger partial charge in [-0.3, -0.25) is 5.32 Å². The van der Waals surface area contributed by atoms with E-state index in [1.54, 1.807) is 0 Å². The molecule has 26 heavy (non-hydrogen) atoms. The second-order valence-corrected chi connectivity index (χ2v) is 6.79. The van der Waals surface area contributed by atoms with Gasteiger partial charge in [0.1, 0.15) is 5.82 Å².